The lowest BCUT2D eigenvalue weighted by molar-refractivity contribution is -0.114. The lowest BCUT2D eigenvalue weighted by Crippen LogP contribution is -2.22. The summed E-state index contributed by atoms with van der Waals surface area (Å²) in [6.07, 6.45) is 0. The Hall–Kier alpha value is -3.67. The number of hydrogen-bond acceptors (Lipinski definition) is 5. The zero-order valence-electron chi connectivity index (χ0n) is 18.5. The fourth-order valence-corrected chi connectivity index (χ4v) is 2.83. The number of rotatable bonds is 12. The van der Waals surface area contributed by atoms with E-state index >= 15 is 0 Å². The third-order valence-corrected chi connectivity index (χ3v) is 4.40. The number of benzene rings is 3. The van der Waals surface area contributed by atoms with Gasteiger partial charge in [0.25, 0.3) is 0 Å². The highest BCUT2D eigenvalue weighted by Gasteiger charge is 2.08. The smallest absolute Gasteiger partial charge is 0.243 e. The number of hydrogen-bond donors (Lipinski definition) is 2. The van der Waals surface area contributed by atoms with E-state index in [1.807, 2.05) is 78.9 Å². The van der Waals surface area contributed by atoms with Crippen LogP contribution in [0.4, 0.5) is 11.4 Å². The average Bonchev–Trinajstić information content (AvgIpc) is 2.81. The van der Waals surface area contributed by atoms with Crippen LogP contribution in [0, 0.1) is 5.92 Å². The summed E-state index contributed by atoms with van der Waals surface area (Å²) in [7, 11) is 0. The van der Waals surface area contributed by atoms with Crippen molar-refractivity contribution < 1.29 is 19.0 Å². The first-order valence-electron chi connectivity index (χ1n) is 10.8. The van der Waals surface area contributed by atoms with Crippen LogP contribution >= 0.6 is 0 Å². The van der Waals surface area contributed by atoms with Crippen molar-refractivity contribution in [2.75, 3.05) is 37.0 Å². The van der Waals surface area contributed by atoms with E-state index in [0.29, 0.717) is 37.2 Å². The molecule has 0 aliphatic rings. The van der Waals surface area contributed by atoms with Crippen LogP contribution in [0.3, 0.4) is 0 Å². The predicted octanol–water partition coefficient (Wildman–Crippen LogP) is 5.23. The van der Waals surface area contributed by atoms with Crippen molar-refractivity contribution in [3.05, 3.63) is 78.9 Å². The second kappa shape index (κ2) is 12.2. The molecule has 0 bridgehead atoms. The third-order valence-electron chi connectivity index (χ3n) is 4.40. The van der Waals surface area contributed by atoms with Crippen LogP contribution < -0.4 is 24.8 Å². The van der Waals surface area contributed by atoms with Gasteiger partial charge in [0.1, 0.15) is 30.5 Å². The minimum atomic E-state index is -0.165. The van der Waals surface area contributed by atoms with E-state index in [-0.39, 0.29) is 12.5 Å². The van der Waals surface area contributed by atoms with Gasteiger partial charge in [-0.2, -0.15) is 0 Å². The molecule has 0 aromatic heterocycles. The molecular formula is C26H30N2O4. The van der Waals surface area contributed by atoms with E-state index in [1.165, 1.54) is 0 Å². The van der Waals surface area contributed by atoms with Gasteiger partial charge < -0.3 is 24.8 Å². The molecule has 0 aliphatic heterocycles. The van der Waals surface area contributed by atoms with Gasteiger partial charge in [-0.15, -0.1) is 0 Å². The van der Waals surface area contributed by atoms with Crippen LogP contribution in [0.1, 0.15) is 13.8 Å². The fourth-order valence-electron chi connectivity index (χ4n) is 2.83. The van der Waals surface area contributed by atoms with Crippen molar-refractivity contribution >= 4 is 17.3 Å². The molecule has 0 aliphatic carbocycles. The average molecular weight is 435 g/mol. The summed E-state index contributed by atoms with van der Waals surface area (Å²) in [5.41, 5.74) is 1.47. The summed E-state index contributed by atoms with van der Waals surface area (Å²) >= 11 is 0. The Labute approximate surface area is 189 Å². The molecule has 0 saturated heterocycles. The normalized spacial score (nSPS) is 10.5. The van der Waals surface area contributed by atoms with Crippen LogP contribution in [-0.4, -0.2) is 32.3 Å². The molecule has 2 N–H and O–H groups in total. The summed E-state index contributed by atoms with van der Waals surface area (Å²) in [4.78, 5) is 12.4. The molecule has 3 rings (SSSR count). The maximum absolute atomic E-state index is 12.4. The number of amides is 1. The Morgan fingerprint density at radius 2 is 1.44 bits per heavy atom. The minimum absolute atomic E-state index is 0.137. The number of para-hydroxylation sites is 3. The number of nitrogens with one attached hydrogen (secondary N) is 2. The monoisotopic (exact) mass is 434 g/mol. The molecule has 3 aromatic carbocycles. The van der Waals surface area contributed by atoms with Gasteiger partial charge in [-0.05, 0) is 54.4 Å². The zero-order chi connectivity index (χ0) is 22.6. The van der Waals surface area contributed by atoms with E-state index < -0.39 is 0 Å². The number of carbonyl (C=O) groups excluding carboxylic acids is 1. The summed E-state index contributed by atoms with van der Waals surface area (Å²) in [6, 6.07) is 24.5. The number of ether oxygens (including phenoxy) is 3. The molecule has 0 atom stereocenters. The predicted molar refractivity (Wildman–Crippen MR) is 128 cm³/mol. The highest BCUT2D eigenvalue weighted by molar-refractivity contribution is 5.95. The van der Waals surface area contributed by atoms with E-state index in [1.54, 1.807) is 0 Å². The van der Waals surface area contributed by atoms with E-state index in [9.17, 15) is 4.79 Å². The molecule has 168 valence electrons. The number of anilines is 2. The van der Waals surface area contributed by atoms with Crippen molar-refractivity contribution in [2.45, 2.75) is 13.8 Å². The van der Waals surface area contributed by atoms with Crippen LogP contribution in [0.5, 0.6) is 17.2 Å². The Bertz CT molecular complexity index is 959. The lowest BCUT2D eigenvalue weighted by Gasteiger charge is -2.14. The van der Waals surface area contributed by atoms with Crippen molar-refractivity contribution in [1.29, 1.82) is 0 Å². The van der Waals surface area contributed by atoms with Gasteiger partial charge in [-0.1, -0.05) is 44.2 Å². The second-order valence-corrected chi connectivity index (χ2v) is 7.64. The molecule has 0 unspecified atom stereocenters. The minimum Gasteiger partial charge on any atom is -0.493 e. The molecule has 0 fully saturated rings. The molecule has 6 heteroatoms. The van der Waals surface area contributed by atoms with Crippen LogP contribution in [0.2, 0.25) is 0 Å². The number of carbonyl (C=O) groups is 1. The molecule has 0 saturated carbocycles. The van der Waals surface area contributed by atoms with Crippen molar-refractivity contribution in [3.8, 4) is 17.2 Å². The maximum atomic E-state index is 12.4. The summed E-state index contributed by atoms with van der Waals surface area (Å²) in [5.74, 6) is 2.52. The topological polar surface area (TPSA) is 68.8 Å². The van der Waals surface area contributed by atoms with Crippen LogP contribution in [-0.2, 0) is 4.79 Å². The largest absolute Gasteiger partial charge is 0.493 e. The van der Waals surface area contributed by atoms with Crippen molar-refractivity contribution in [3.63, 3.8) is 0 Å². The molecule has 1 amide bonds. The first kappa shape index (κ1) is 23.0. The molecule has 0 radical (unpaired) electrons. The fraction of sp³-hybridized carbons (Fsp3) is 0.269. The third kappa shape index (κ3) is 7.87. The van der Waals surface area contributed by atoms with Gasteiger partial charge in [0.15, 0.2) is 0 Å². The van der Waals surface area contributed by atoms with Gasteiger partial charge in [0.2, 0.25) is 5.91 Å². The molecule has 0 spiro atoms. The Kier molecular flexibility index (Phi) is 8.80. The second-order valence-electron chi connectivity index (χ2n) is 7.64. The Balaban J connectivity index is 1.43. The standard InChI is InChI=1S/C26H30N2O4/c1-20(2)19-32-23-14-12-21(13-15-23)27-18-26(29)28-24-10-6-7-11-25(24)31-17-16-30-22-8-4-3-5-9-22/h3-15,20,27H,16-19H2,1-2H3,(H,28,29). The molecule has 0 heterocycles. The van der Waals surface area contributed by atoms with E-state index in [2.05, 4.69) is 24.5 Å². The zero-order valence-corrected chi connectivity index (χ0v) is 18.5. The molecular weight excluding hydrogens is 404 g/mol. The molecule has 32 heavy (non-hydrogen) atoms. The summed E-state index contributed by atoms with van der Waals surface area (Å²) in [6.45, 7) is 5.80. The Morgan fingerprint density at radius 1 is 0.781 bits per heavy atom. The van der Waals surface area contributed by atoms with Gasteiger partial charge in [-0.25, -0.2) is 0 Å². The summed E-state index contributed by atoms with van der Waals surface area (Å²) < 4.78 is 17.1. The SMILES string of the molecule is CC(C)COc1ccc(NCC(=O)Nc2ccccc2OCCOc2ccccc2)cc1. The highest BCUT2D eigenvalue weighted by Crippen LogP contribution is 2.24. The van der Waals surface area contributed by atoms with Crippen LogP contribution in [0.25, 0.3) is 0 Å². The van der Waals surface area contributed by atoms with Crippen LogP contribution in [0.15, 0.2) is 78.9 Å². The highest BCUT2D eigenvalue weighted by atomic mass is 16.5. The van der Waals surface area contributed by atoms with Gasteiger partial charge in [0, 0.05) is 5.69 Å². The first-order valence-corrected chi connectivity index (χ1v) is 10.8. The quantitative estimate of drug-likeness (QED) is 0.382. The van der Waals surface area contributed by atoms with Gasteiger partial charge >= 0.3 is 0 Å². The molecule has 6 nitrogen and oxygen atoms in total. The maximum Gasteiger partial charge on any atom is 0.243 e. The first-order chi connectivity index (χ1) is 15.6. The summed E-state index contributed by atoms with van der Waals surface area (Å²) in [5, 5.41) is 6.01. The van der Waals surface area contributed by atoms with Crippen molar-refractivity contribution in [1.82, 2.24) is 0 Å². The van der Waals surface area contributed by atoms with Gasteiger partial charge in [0.05, 0.1) is 18.8 Å². The molecule has 3 aromatic rings. The Morgan fingerprint density at radius 3 is 2.19 bits per heavy atom. The van der Waals surface area contributed by atoms with Gasteiger partial charge in [-0.3, -0.25) is 4.79 Å². The van der Waals surface area contributed by atoms with Crippen molar-refractivity contribution in [2.24, 2.45) is 5.92 Å². The van der Waals surface area contributed by atoms with E-state index in [0.717, 1.165) is 17.2 Å². The van der Waals surface area contributed by atoms with E-state index in [4.69, 9.17) is 14.2 Å². The lowest BCUT2D eigenvalue weighted by atomic mass is 10.2.